The second kappa shape index (κ2) is 5.79. The van der Waals surface area contributed by atoms with Crippen LogP contribution in [0.4, 0.5) is 0 Å². The number of nitriles is 1. The van der Waals surface area contributed by atoms with Gasteiger partial charge in [-0.25, -0.2) is 4.98 Å². The third-order valence-electron chi connectivity index (χ3n) is 4.50. The number of aromatic nitrogens is 2. The second-order valence-electron chi connectivity index (χ2n) is 7.38. The van der Waals surface area contributed by atoms with E-state index < -0.39 is 0 Å². The minimum atomic E-state index is -0.224. The number of nitrogens with zero attached hydrogens (tertiary/aromatic N) is 3. The zero-order valence-corrected chi connectivity index (χ0v) is 15.0. The van der Waals surface area contributed by atoms with Gasteiger partial charge >= 0.3 is 0 Å². The van der Waals surface area contributed by atoms with E-state index in [2.05, 4.69) is 68.5 Å². The van der Waals surface area contributed by atoms with Crippen molar-refractivity contribution in [1.29, 1.82) is 5.26 Å². The summed E-state index contributed by atoms with van der Waals surface area (Å²) in [7, 11) is 0. The molecule has 1 unspecified atom stereocenters. The predicted molar refractivity (Wildman–Crippen MR) is 98.1 cm³/mol. The third-order valence-corrected chi connectivity index (χ3v) is 4.50. The molecule has 0 saturated heterocycles. The monoisotopic (exact) mass is 317 g/mol. The Kier molecular flexibility index (Phi) is 3.93. The highest BCUT2D eigenvalue weighted by Crippen LogP contribution is 2.32. The van der Waals surface area contributed by atoms with Gasteiger partial charge in [-0.05, 0) is 37.0 Å². The van der Waals surface area contributed by atoms with Gasteiger partial charge in [-0.2, -0.15) is 5.26 Å². The van der Waals surface area contributed by atoms with Crippen molar-refractivity contribution >= 4 is 5.65 Å². The average molecular weight is 317 g/mol. The molecule has 0 N–H and O–H groups in total. The largest absolute Gasteiger partial charge is 0.299 e. The molecule has 3 heteroatoms. The van der Waals surface area contributed by atoms with Gasteiger partial charge in [0, 0.05) is 11.3 Å². The number of rotatable bonds is 2. The fraction of sp³-hybridized carbons (Fsp3) is 0.333. The van der Waals surface area contributed by atoms with E-state index in [4.69, 9.17) is 4.98 Å². The smallest absolute Gasteiger partial charge is 0.137 e. The molecule has 1 aromatic carbocycles. The lowest BCUT2D eigenvalue weighted by Gasteiger charge is -2.19. The highest BCUT2D eigenvalue weighted by atomic mass is 15.0. The molecular formula is C21H23N3. The van der Waals surface area contributed by atoms with Crippen molar-refractivity contribution in [3.8, 4) is 17.3 Å². The maximum absolute atomic E-state index is 9.49. The molecule has 0 spiro atoms. The lowest BCUT2D eigenvalue weighted by atomic mass is 9.86. The standard InChI is InChI=1S/C21H23N3/c1-14(13-22)20-19(23-18-8-6-7-15(2)24(18)20)16-9-11-17(12-10-16)21(3,4)5/h6-12,14H,1-5H3. The van der Waals surface area contributed by atoms with Crippen molar-refractivity contribution in [2.75, 3.05) is 0 Å². The molecule has 0 fully saturated rings. The number of imidazole rings is 1. The van der Waals surface area contributed by atoms with E-state index >= 15 is 0 Å². The lowest BCUT2D eigenvalue weighted by Crippen LogP contribution is -2.10. The van der Waals surface area contributed by atoms with Crippen LogP contribution in [0.2, 0.25) is 0 Å². The number of benzene rings is 1. The summed E-state index contributed by atoms with van der Waals surface area (Å²) >= 11 is 0. The van der Waals surface area contributed by atoms with Gasteiger partial charge in [0.2, 0.25) is 0 Å². The van der Waals surface area contributed by atoms with E-state index in [0.717, 1.165) is 28.3 Å². The van der Waals surface area contributed by atoms with Crippen LogP contribution in [0.25, 0.3) is 16.9 Å². The van der Waals surface area contributed by atoms with Crippen LogP contribution in [0.15, 0.2) is 42.5 Å². The molecule has 3 nitrogen and oxygen atoms in total. The van der Waals surface area contributed by atoms with E-state index in [-0.39, 0.29) is 11.3 Å². The fourth-order valence-corrected chi connectivity index (χ4v) is 3.08. The molecule has 2 aromatic heterocycles. The summed E-state index contributed by atoms with van der Waals surface area (Å²) in [6.45, 7) is 10.6. The highest BCUT2D eigenvalue weighted by Gasteiger charge is 2.21. The van der Waals surface area contributed by atoms with Crippen LogP contribution in [-0.4, -0.2) is 9.38 Å². The molecule has 0 aliphatic rings. The Morgan fingerprint density at radius 2 is 1.75 bits per heavy atom. The lowest BCUT2D eigenvalue weighted by molar-refractivity contribution is 0.590. The van der Waals surface area contributed by atoms with Crippen LogP contribution >= 0.6 is 0 Å². The maximum atomic E-state index is 9.49. The van der Waals surface area contributed by atoms with Gasteiger partial charge in [-0.3, -0.25) is 4.40 Å². The summed E-state index contributed by atoms with van der Waals surface area (Å²) in [6.07, 6.45) is 0. The second-order valence-corrected chi connectivity index (χ2v) is 7.38. The third kappa shape index (κ3) is 2.69. The summed E-state index contributed by atoms with van der Waals surface area (Å²) in [5, 5.41) is 9.49. The van der Waals surface area contributed by atoms with Crippen LogP contribution in [0.3, 0.4) is 0 Å². The van der Waals surface area contributed by atoms with E-state index in [0.29, 0.717) is 0 Å². The van der Waals surface area contributed by atoms with Crippen molar-refractivity contribution in [2.24, 2.45) is 0 Å². The Labute approximate surface area is 143 Å². The zero-order valence-electron chi connectivity index (χ0n) is 15.0. The molecule has 0 aliphatic heterocycles. The Morgan fingerprint density at radius 1 is 1.08 bits per heavy atom. The Morgan fingerprint density at radius 3 is 2.33 bits per heavy atom. The summed E-state index contributed by atoms with van der Waals surface area (Å²) in [6, 6.07) is 17.0. The van der Waals surface area contributed by atoms with Crippen LogP contribution in [0.1, 0.15) is 50.6 Å². The first-order valence-corrected chi connectivity index (χ1v) is 8.31. The molecular weight excluding hydrogens is 294 g/mol. The zero-order chi connectivity index (χ0) is 17.5. The molecule has 0 amide bonds. The molecule has 0 saturated carbocycles. The van der Waals surface area contributed by atoms with Gasteiger partial charge in [-0.1, -0.05) is 51.1 Å². The van der Waals surface area contributed by atoms with Crippen molar-refractivity contribution in [1.82, 2.24) is 9.38 Å². The fourth-order valence-electron chi connectivity index (χ4n) is 3.08. The minimum absolute atomic E-state index is 0.122. The summed E-state index contributed by atoms with van der Waals surface area (Å²) in [5.41, 5.74) is 6.32. The van der Waals surface area contributed by atoms with Gasteiger partial charge < -0.3 is 0 Å². The number of hydrogen-bond donors (Lipinski definition) is 0. The summed E-state index contributed by atoms with van der Waals surface area (Å²) in [5.74, 6) is -0.224. The van der Waals surface area contributed by atoms with Gasteiger partial charge in [0.1, 0.15) is 5.65 Å². The van der Waals surface area contributed by atoms with Crippen LogP contribution in [0.5, 0.6) is 0 Å². The van der Waals surface area contributed by atoms with Crippen molar-refractivity contribution in [2.45, 2.75) is 46.0 Å². The topological polar surface area (TPSA) is 41.1 Å². The van der Waals surface area contributed by atoms with E-state index in [1.165, 1.54) is 5.56 Å². The Balaban J connectivity index is 2.23. The van der Waals surface area contributed by atoms with E-state index in [9.17, 15) is 5.26 Å². The number of aryl methyl sites for hydroxylation is 1. The molecule has 0 radical (unpaired) electrons. The van der Waals surface area contributed by atoms with Gasteiger partial charge in [0.05, 0.1) is 23.4 Å². The predicted octanol–water partition coefficient (Wildman–Crippen LogP) is 5.23. The molecule has 0 aliphatic carbocycles. The van der Waals surface area contributed by atoms with Crippen LogP contribution < -0.4 is 0 Å². The first-order chi connectivity index (χ1) is 11.3. The average Bonchev–Trinajstić information content (AvgIpc) is 2.94. The molecule has 1 atom stereocenters. The van der Waals surface area contributed by atoms with E-state index in [1.807, 2.05) is 19.1 Å². The van der Waals surface area contributed by atoms with Crippen molar-refractivity contribution in [3.05, 3.63) is 59.4 Å². The van der Waals surface area contributed by atoms with Crippen molar-refractivity contribution in [3.63, 3.8) is 0 Å². The number of hydrogen-bond acceptors (Lipinski definition) is 2. The molecule has 122 valence electrons. The first kappa shape index (κ1) is 16.3. The molecule has 2 heterocycles. The normalized spacial score (nSPS) is 13.0. The van der Waals surface area contributed by atoms with Gasteiger partial charge in [-0.15, -0.1) is 0 Å². The SMILES string of the molecule is Cc1cccc2nc(-c3ccc(C(C)(C)C)cc3)c(C(C)C#N)n12. The summed E-state index contributed by atoms with van der Waals surface area (Å²) < 4.78 is 2.10. The quantitative estimate of drug-likeness (QED) is 0.649. The number of fused-ring (bicyclic) bond motifs is 1. The Bertz CT molecular complexity index is 919. The minimum Gasteiger partial charge on any atom is -0.299 e. The van der Waals surface area contributed by atoms with Gasteiger partial charge in [0.15, 0.2) is 0 Å². The molecule has 3 aromatic rings. The highest BCUT2D eigenvalue weighted by molar-refractivity contribution is 5.68. The molecule has 3 rings (SSSR count). The van der Waals surface area contributed by atoms with E-state index in [1.54, 1.807) is 0 Å². The van der Waals surface area contributed by atoms with Crippen LogP contribution in [-0.2, 0) is 5.41 Å². The van der Waals surface area contributed by atoms with Gasteiger partial charge in [0.25, 0.3) is 0 Å². The summed E-state index contributed by atoms with van der Waals surface area (Å²) in [4.78, 5) is 4.82. The first-order valence-electron chi connectivity index (χ1n) is 8.31. The van der Waals surface area contributed by atoms with Crippen molar-refractivity contribution < 1.29 is 0 Å². The molecule has 0 bridgehead atoms. The van der Waals surface area contributed by atoms with Crippen LogP contribution in [0, 0.1) is 18.3 Å². The number of pyridine rings is 1. The Hall–Kier alpha value is -2.60. The maximum Gasteiger partial charge on any atom is 0.137 e. The molecule has 24 heavy (non-hydrogen) atoms.